The minimum absolute atomic E-state index is 0.0846. The zero-order chi connectivity index (χ0) is 22.0. The number of nitrogens with zero attached hydrogens (tertiary/aromatic N) is 4. The number of aromatic nitrogens is 3. The Bertz CT molecular complexity index is 1150. The summed E-state index contributed by atoms with van der Waals surface area (Å²) in [4.78, 5) is 16.7. The summed E-state index contributed by atoms with van der Waals surface area (Å²) in [6.07, 6.45) is 1.22. The molecule has 1 aliphatic heterocycles. The zero-order valence-electron chi connectivity index (χ0n) is 16.9. The fraction of sp³-hybridized carbons (Fsp3) is 0.300. The van der Waals surface area contributed by atoms with Crippen molar-refractivity contribution < 1.29 is 22.4 Å². The Labute approximate surface area is 179 Å². The number of amides is 1. The van der Waals surface area contributed by atoms with Gasteiger partial charge >= 0.3 is 6.01 Å². The van der Waals surface area contributed by atoms with E-state index in [-0.39, 0.29) is 47.7 Å². The van der Waals surface area contributed by atoms with Crippen LogP contribution in [0, 0.1) is 0 Å². The molecule has 1 saturated heterocycles. The van der Waals surface area contributed by atoms with Gasteiger partial charge in [0.25, 0.3) is 11.8 Å². The van der Waals surface area contributed by atoms with E-state index in [0.717, 1.165) is 0 Å². The molecule has 0 aliphatic carbocycles. The summed E-state index contributed by atoms with van der Waals surface area (Å²) in [6.45, 7) is 4.24. The van der Waals surface area contributed by atoms with Gasteiger partial charge in [-0.15, -0.1) is 5.10 Å². The number of hydrogen-bond donors (Lipinski definition) is 1. The molecule has 0 saturated carbocycles. The van der Waals surface area contributed by atoms with Gasteiger partial charge in [0.05, 0.1) is 17.1 Å². The van der Waals surface area contributed by atoms with Crippen LogP contribution in [-0.4, -0.2) is 59.1 Å². The van der Waals surface area contributed by atoms with Gasteiger partial charge in [0.1, 0.15) is 5.69 Å². The van der Waals surface area contributed by atoms with Gasteiger partial charge < -0.3 is 9.15 Å². The van der Waals surface area contributed by atoms with Crippen LogP contribution in [0.15, 0.2) is 58.0 Å². The van der Waals surface area contributed by atoms with Crippen LogP contribution in [0.1, 0.15) is 24.2 Å². The van der Waals surface area contributed by atoms with E-state index in [1.807, 2.05) is 13.8 Å². The number of morpholine rings is 1. The Kier molecular flexibility index (Phi) is 5.81. The number of anilines is 1. The van der Waals surface area contributed by atoms with Crippen LogP contribution in [0.2, 0.25) is 0 Å². The summed E-state index contributed by atoms with van der Waals surface area (Å²) in [6, 6.07) is 10.8. The second kappa shape index (κ2) is 8.53. The highest BCUT2D eigenvalue weighted by molar-refractivity contribution is 7.89. The first-order valence-corrected chi connectivity index (χ1v) is 11.1. The van der Waals surface area contributed by atoms with Crippen molar-refractivity contribution in [1.82, 2.24) is 19.5 Å². The van der Waals surface area contributed by atoms with Crippen molar-refractivity contribution in [2.24, 2.45) is 0 Å². The number of benzene rings is 1. The maximum Gasteiger partial charge on any atom is 0.322 e. The fourth-order valence-electron chi connectivity index (χ4n) is 3.29. The van der Waals surface area contributed by atoms with Gasteiger partial charge in [-0.25, -0.2) is 8.42 Å². The topological polar surface area (TPSA) is 128 Å². The lowest BCUT2D eigenvalue weighted by atomic mass is 10.2. The molecule has 11 heteroatoms. The number of rotatable bonds is 5. The molecule has 10 nitrogen and oxygen atoms in total. The molecule has 3 heterocycles. The first kappa shape index (κ1) is 21.1. The molecule has 1 aromatic carbocycles. The molecule has 1 fully saturated rings. The second-order valence-corrected chi connectivity index (χ2v) is 9.12. The highest BCUT2D eigenvalue weighted by Gasteiger charge is 2.32. The molecule has 2 aromatic heterocycles. The van der Waals surface area contributed by atoms with Crippen LogP contribution in [0.4, 0.5) is 6.01 Å². The van der Waals surface area contributed by atoms with Crippen molar-refractivity contribution in [1.29, 1.82) is 0 Å². The molecule has 4 rings (SSSR count). The second-order valence-electron chi connectivity index (χ2n) is 7.19. The Morgan fingerprint density at radius 1 is 1.06 bits per heavy atom. The van der Waals surface area contributed by atoms with Crippen LogP contribution in [0.3, 0.4) is 0 Å². The number of hydrogen-bond acceptors (Lipinski definition) is 8. The Hall–Kier alpha value is -3.15. The molecule has 0 unspecified atom stereocenters. The lowest BCUT2D eigenvalue weighted by molar-refractivity contribution is -0.0440. The molecule has 0 radical (unpaired) electrons. The number of ether oxygens (including phenoxy) is 1. The van der Waals surface area contributed by atoms with Gasteiger partial charge in [-0.05, 0) is 50.2 Å². The summed E-state index contributed by atoms with van der Waals surface area (Å²) in [5.74, 6) is -0.333. The van der Waals surface area contributed by atoms with Gasteiger partial charge in [-0.1, -0.05) is 11.2 Å². The van der Waals surface area contributed by atoms with Crippen molar-refractivity contribution in [3.05, 3.63) is 54.2 Å². The van der Waals surface area contributed by atoms with E-state index in [2.05, 4.69) is 20.5 Å². The van der Waals surface area contributed by atoms with E-state index in [4.69, 9.17) is 9.15 Å². The molecule has 2 atom stereocenters. The maximum atomic E-state index is 12.9. The van der Waals surface area contributed by atoms with E-state index >= 15 is 0 Å². The molecule has 1 amide bonds. The van der Waals surface area contributed by atoms with Gasteiger partial charge in [0, 0.05) is 24.8 Å². The van der Waals surface area contributed by atoms with Crippen LogP contribution in [0.25, 0.3) is 11.6 Å². The Morgan fingerprint density at radius 3 is 2.42 bits per heavy atom. The van der Waals surface area contributed by atoms with Gasteiger partial charge in [0.15, 0.2) is 0 Å². The van der Waals surface area contributed by atoms with E-state index in [1.165, 1.54) is 28.6 Å². The molecule has 31 heavy (non-hydrogen) atoms. The molecule has 0 bridgehead atoms. The molecule has 0 spiro atoms. The largest absolute Gasteiger partial charge is 0.401 e. The summed E-state index contributed by atoms with van der Waals surface area (Å²) >= 11 is 0. The summed E-state index contributed by atoms with van der Waals surface area (Å²) < 4.78 is 38.2. The lowest BCUT2D eigenvalue weighted by Gasteiger charge is -2.34. The zero-order valence-corrected chi connectivity index (χ0v) is 17.7. The predicted molar refractivity (Wildman–Crippen MR) is 111 cm³/mol. The van der Waals surface area contributed by atoms with Crippen molar-refractivity contribution in [3.63, 3.8) is 0 Å². The highest BCUT2D eigenvalue weighted by Crippen LogP contribution is 2.22. The first-order chi connectivity index (χ1) is 14.8. The number of nitrogens with one attached hydrogen (secondary N) is 1. The van der Waals surface area contributed by atoms with Crippen molar-refractivity contribution >= 4 is 21.9 Å². The lowest BCUT2D eigenvalue weighted by Crippen LogP contribution is -2.48. The summed E-state index contributed by atoms with van der Waals surface area (Å²) in [5, 5.41) is 10.1. The molecular formula is C20H21N5O5S. The van der Waals surface area contributed by atoms with E-state index in [0.29, 0.717) is 5.69 Å². The third-order valence-corrected chi connectivity index (χ3v) is 6.52. The van der Waals surface area contributed by atoms with E-state index < -0.39 is 15.9 Å². The number of carbonyl (C=O) groups excluding carboxylic acids is 1. The van der Waals surface area contributed by atoms with Crippen LogP contribution in [0.5, 0.6) is 0 Å². The minimum Gasteiger partial charge on any atom is -0.401 e. The van der Waals surface area contributed by atoms with Gasteiger partial charge in [-0.2, -0.15) is 4.31 Å². The third kappa shape index (κ3) is 4.63. The number of sulfonamides is 1. The predicted octanol–water partition coefficient (Wildman–Crippen LogP) is 2.18. The third-order valence-electron chi connectivity index (χ3n) is 4.67. The average Bonchev–Trinajstić information content (AvgIpc) is 3.22. The highest BCUT2D eigenvalue weighted by atomic mass is 32.2. The monoisotopic (exact) mass is 443 g/mol. The standard InChI is InChI=1S/C20H21N5O5S/c1-13-11-25(12-14(2)29-13)31(27,28)16-8-6-15(7-9-16)18(26)22-20-24-23-19(30-20)17-5-3-4-10-21-17/h3-10,13-14H,11-12H2,1-2H3,(H,22,24,26)/t13-,14-/m0/s1. The van der Waals surface area contributed by atoms with Crippen molar-refractivity contribution in [3.8, 4) is 11.6 Å². The van der Waals surface area contributed by atoms with Crippen LogP contribution < -0.4 is 5.32 Å². The molecular weight excluding hydrogens is 422 g/mol. The van der Waals surface area contributed by atoms with E-state index in [1.54, 1.807) is 24.4 Å². The Morgan fingerprint density at radius 2 is 1.77 bits per heavy atom. The van der Waals surface area contributed by atoms with Crippen LogP contribution in [-0.2, 0) is 14.8 Å². The van der Waals surface area contributed by atoms with Crippen molar-refractivity contribution in [2.75, 3.05) is 18.4 Å². The normalized spacial score (nSPS) is 19.8. The quantitative estimate of drug-likeness (QED) is 0.636. The Balaban J connectivity index is 1.45. The summed E-state index contributed by atoms with van der Waals surface area (Å²) in [5.41, 5.74) is 0.733. The first-order valence-electron chi connectivity index (χ1n) is 9.65. The molecule has 1 N–H and O–H groups in total. The van der Waals surface area contributed by atoms with Gasteiger partial charge in [-0.3, -0.25) is 15.1 Å². The average molecular weight is 443 g/mol. The van der Waals surface area contributed by atoms with E-state index in [9.17, 15) is 13.2 Å². The smallest absolute Gasteiger partial charge is 0.322 e. The summed E-state index contributed by atoms with van der Waals surface area (Å²) in [7, 11) is -3.68. The number of carbonyl (C=O) groups is 1. The molecule has 162 valence electrons. The van der Waals surface area contributed by atoms with Crippen molar-refractivity contribution in [2.45, 2.75) is 31.0 Å². The number of pyridine rings is 1. The molecule has 1 aliphatic rings. The SMILES string of the molecule is C[C@H]1CN(S(=O)(=O)c2ccc(C(=O)Nc3nnc(-c4ccccn4)o3)cc2)C[C@H](C)O1. The fourth-order valence-corrected chi connectivity index (χ4v) is 4.88. The minimum atomic E-state index is -3.68. The molecule has 3 aromatic rings. The maximum absolute atomic E-state index is 12.9. The van der Waals surface area contributed by atoms with Crippen LogP contribution >= 0.6 is 0 Å². The van der Waals surface area contributed by atoms with Gasteiger partial charge in [0.2, 0.25) is 10.0 Å².